The number of thioether (sulfide) groups is 1. The van der Waals surface area contributed by atoms with E-state index in [4.69, 9.17) is 0 Å². The molecule has 0 unspecified atom stereocenters. The molecule has 0 bridgehead atoms. The number of halogens is 4. The molecule has 1 aromatic rings. The van der Waals surface area contributed by atoms with Crippen LogP contribution in [0.5, 0.6) is 0 Å². The monoisotopic (exact) mass is 308 g/mol. The summed E-state index contributed by atoms with van der Waals surface area (Å²) in [6.45, 7) is -4.69. The van der Waals surface area contributed by atoms with Gasteiger partial charge in [-0.15, -0.1) is 0 Å². The summed E-state index contributed by atoms with van der Waals surface area (Å²) >= 11 is 4.01. The maximum absolute atomic E-state index is 11.9. The van der Waals surface area contributed by atoms with Gasteiger partial charge in [0, 0.05) is 9.37 Å². The molecule has 0 aliphatic carbocycles. The van der Waals surface area contributed by atoms with E-state index in [2.05, 4.69) is 15.9 Å². The molecule has 0 aliphatic heterocycles. The van der Waals surface area contributed by atoms with Gasteiger partial charge >= 0.3 is 58.4 Å². The van der Waals surface area contributed by atoms with Gasteiger partial charge in [0.15, 0.2) is 0 Å². The average Bonchev–Trinajstić information content (AvgIpc) is 2.00. The third-order valence-electron chi connectivity index (χ3n) is 1.24. The predicted octanol–water partition coefficient (Wildman–Crippen LogP) is 0.932. The Morgan fingerprint density at radius 3 is 2.43 bits per heavy atom. The van der Waals surface area contributed by atoms with Crippen molar-refractivity contribution in [1.82, 2.24) is 0 Å². The molecule has 1 rings (SSSR count). The van der Waals surface area contributed by atoms with Gasteiger partial charge in [-0.05, 0) is 23.9 Å². The van der Waals surface area contributed by atoms with Crippen LogP contribution in [0.2, 0.25) is 0 Å². The van der Waals surface area contributed by atoms with Crippen molar-refractivity contribution in [1.29, 1.82) is 0 Å². The van der Waals surface area contributed by atoms with Crippen molar-refractivity contribution in [2.24, 2.45) is 0 Å². The predicted molar refractivity (Wildman–Crippen MR) is 53.9 cm³/mol. The molecule has 0 saturated carbocycles. The largest absolute Gasteiger partial charge is 1.00 e. The van der Waals surface area contributed by atoms with E-state index in [1.54, 1.807) is 24.3 Å². The van der Waals surface area contributed by atoms with Gasteiger partial charge in [0.2, 0.25) is 0 Å². The van der Waals surface area contributed by atoms with E-state index in [1.807, 2.05) is 0 Å². The second-order valence-corrected chi connectivity index (χ2v) is 4.49. The smallest absolute Gasteiger partial charge is 0.448 e. The first kappa shape index (κ1) is 15.5. The minimum Gasteiger partial charge on any atom is -0.448 e. The summed E-state index contributed by atoms with van der Waals surface area (Å²) in [5, 5.41) is 0. The summed E-state index contributed by atoms with van der Waals surface area (Å²) in [5.74, 6) is 0. The Labute approximate surface area is 136 Å². The van der Waals surface area contributed by atoms with Gasteiger partial charge in [0.1, 0.15) is 0 Å². The molecule has 7 heteroatoms. The molecular weight excluding hydrogens is 303 g/mol. The third-order valence-corrected chi connectivity index (χ3v) is 2.86. The van der Waals surface area contributed by atoms with Crippen molar-refractivity contribution in [2.75, 3.05) is 5.65 Å². The van der Waals surface area contributed by atoms with Crippen LogP contribution < -0.4 is 51.4 Å². The van der Waals surface area contributed by atoms with Gasteiger partial charge in [-0.25, -0.2) is 0 Å². The summed E-state index contributed by atoms with van der Waals surface area (Å²) in [4.78, 5) is 0.633. The Hall–Kier alpha value is 1.54. The van der Waals surface area contributed by atoms with E-state index in [-0.39, 0.29) is 51.4 Å². The van der Waals surface area contributed by atoms with Crippen molar-refractivity contribution in [2.45, 2.75) is 4.90 Å². The second-order valence-electron chi connectivity index (χ2n) is 2.48. The van der Waals surface area contributed by atoms with E-state index in [1.165, 1.54) is 0 Å². The van der Waals surface area contributed by atoms with E-state index in [0.717, 1.165) is 16.2 Å². The third kappa shape index (κ3) is 6.92. The SMILES string of the molecule is F[B-](F)(F)CSc1cccc(Br)c1.[K+]. The zero-order valence-electron chi connectivity index (χ0n) is 7.51. The van der Waals surface area contributed by atoms with Crippen molar-refractivity contribution in [3.8, 4) is 0 Å². The molecule has 0 radical (unpaired) electrons. The Balaban J connectivity index is 0.00000169. The summed E-state index contributed by atoms with van der Waals surface area (Å²) in [6.07, 6.45) is 0. The number of rotatable bonds is 3. The molecular formula is C7H6BBrF3KS. The molecule has 0 amide bonds. The van der Waals surface area contributed by atoms with Crippen LogP contribution in [0.25, 0.3) is 0 Å². The molecule has 0 aliphatic rings. The Morgan fingerprint density at radius 1 is 1.29 bits per heavy atom. The van der Waals surface area contributed by atoms with Crippen LogP contribution in [-0.2, 0) is 0 Å². The molecule has 0 saturated heterocycles. The minimum atomic E-state index is -4.69. The Bertz CT molecular complexity index is 295. The van der Waals surface area contributed by atoms with Gasteiger partial charge < -0.3 is 12.9 Å². The minimum absolute atomic E-state index is 0. The Morgan fingerprint density at radius 2 is 1.93 bits per heavy atom. The summed E-state index contributed by atoms with van der Waals surface area (Å²) in [6, 6.07) is 6.84. The Kier molecular flexibility index (Phi) is 7.75. The van der Waals surface area contributed by atoms with Gasteiger partial charge in [0.25, 0.3) is 0 Å². The summed E-state index contributed by atoms with van der Waals surface area (Å²) in [7, 11) is 0. The summed E-state index contributed by atoms with van der Waals surface area (Å²) in [5.41, 5.74) is -0.781. The van der Waals surface area contributed by atoms with Gasteiger partial charge in [-0.2, -0.15) is 11.8 Å². The molecule has 0 N–H and O–H groups in total. The molecule has 0 aromatic heterocycles. The first-order valence-corrected chi connectivity index (χ1v) is 5.34. The number of hydrogen-bond acceptors (Lipinski definition) is 1. The topological polar surface area (TPSA) is 0 Å². The molecule has 1 aromatic carbocycles. The fraction of sp³-hybridized carbons (Fsp3) is 0.143. The molecule has 0 heterocycles. The summed E-state index contributed by atoms with van der Waals surface area (Å²) < 4.78 is 36.4. The zero-order chi connectivity index (χ0) is 9.90. The van der Waals surface area contributed by atoms with E-state index >= 15 is 0 Å². The number of benzene rings is 1. The fourth-order valence-corrected chi connectivity index (χ4v) is 2.06. The van der Waals surface area contributed by atoms with Crippen LogP contribution in [0, 0.1) is 0 Å². The van der Waals surface area contributed by atoms with Crippen LogP contribution in [0.3, 0.4) is 0 Å². The van der Waals surface area contributed by atoms with E-state index in [9.17, 15) is 12.9 Å². The number of hydrogen-bond donors (Lipinski definition) is 0. The van der Waals surface area contributed by atoms with Crippen LogP contribution >= 0.6 is 27.7 Å². The quantitative estimate of drug-likeness (QED) is 0.591. The molecule has 0 fully saturated rings. The van der Waals surface area contributed by atoms with E-state index in [0.29, 0.717) is 4.90 Å². The molecule has 0 spiro atoms. The van der Waals surface area contributed by atoms with Gasteiger partial charge in [-0.1, -0.05) is 22.0 Å². The molecule has 14 heavy (non-hydrogen) atoms. The zero-order valence-corrected chi connectivity index (χ0v) is 13.0. The van der Waals surface area contributed by atoms with Gasteiger partial charge in [0.05, 0.1) is 0 Å². The first-order chi connectivity index (χ1) is 5.97. The standard InChI is InChI=1S/C7H6BBrF3S.K/c9-6-2-1-3-7(4-6)13-5-8(10,11)12;/h1-4H,5H2;/q-1;+1. The fourth-order valence-electron chi connectivity index (χ4n) is 0.747. The van der Waals surface area contributed by atoms with Crippen molar-refractivity contribution >= 4 is 34.7 Å². The molecule has 72 valence electrons. The van der Waals surface area contributed by atoms with Crippen molar-refractivity contribution in [3.05, 3.63) is 28.7 Å². The first-order valence-electron chi connectivity index (χ1n) is 3.57. The maximum atomic E-state index is 11.9. The molecule has 0 nitrogen and oxygen atoms in total. The van der Waals surface area contributed by atoms with Crippen LogP contribution in [0.15, 0.2) is 33.6 Å². The average molecular weight is 309 g/mol. The maximum Gasteiger partial charge on any atom is 1.00 e. The van der Waals surface area contributed by atoms with Crippen LogP contribution in [-0.4, -0.2) is 12.6 Å². The van der Waals surface area contributed by atoms with E-state index < -0.39 is 12.6 Å². The van der Waals surface area contributed by atoms with Crippen LogP contribution in [0.4, 0.5) is 12.9 Å². The normalized spacial score (nSPS) is 10.9. The van der Waals surface area contributed by atoms with Crippen LogP contribution in [0.1, 0.15) is 0 Å². The van der Waals surface area contributed by atoms with Gasteiger partial charge in [-0.3, -0.25) is 0 Å². The van der Waals surface area contributed by atoms with Crippen molar-refractivity contribution < 1.29 is 64.3 Å². The second kappa shape index (κ2) is 6.98. The molecule has 0 atom stereocenters. The van der Waals surface area contributed by atoms with Crippen molar-refractivity contribution in [3.63, 3.8) is 0 Å².